The Morgan fingerprint density at radius 1 is 1.15 bits per heavy atom. The van der Waals surface area contributed by atoms with Crippen LogP contribution in [0, 0.1) is 0 Å². The van der Waals surface area contributed by atoms with Crippen LogP contribution in [0.1, 0.15) is 38.5 Å². The summed E-state index contributed by atoms with van der Waals surface area (Å²) in [5, 5.41) is 0. The van der Waals surface area contributed by atoms with Gasteiger partial charge in [-0.2, -0.15) is 0 Å². The molecule has 0 bridgehead atoms. The lowest BCUT2D eigenvalue weighted by molar-refractivity contribution is 0.308. The standard InChI is InChI=1S/C9H21NO2Si/c10-7-4-8-13(11,12)9-5-2-1-3-6-9/h9,11-12H,1-8,10H2. The van der Waals surface area contributed by atoms with Crippen molar-refractivity contribution in [1.29, 1.82) is 0 Å². The molecule has 4 heteroatoms. The maximum atomic E-state index is 9.91. The fourth-order valence-corrected chi connectivity index (χ4v) is 4.60. The molecule has 0 aromatic heterocycles. The molecule has 1 rings (SSSR count). The van der Waals surface area contributed by atoms with Crippen LogP contribution in [0.15, 0.2) is 0 Å². The molecule has 1 fully saturated rings. The van der Waals surface area contributed by atoms with E-state index in [0.717, 1.165) is 19.3 Å². The van der Waals surface area contributed by atoms with Crippen molar-refractivity contribution in [1.82, 2.24) is 0 Å². The highest BCUT2D eigenvalue weighted by Crippen LogP contribution is 2.36. The number of hydrogen-bond acceptors (Lipinski definition) is 3. The third kappa shape index (κ3) is 3.38. The van der Waals surface area contributed by atoms with Crippen LogP contribution >= 0.6 is 0 Å². The normalized spacial score (nSPS) is 20.5. The first kappa shape index (κ1) is 11.2. The van der Waals surface area contributed by atoms with Crippen LogP contribution in [0.2, 0.25) is 11.6 Å². The molecule has 0 aromatic carbocycles. The van der Waals surface area contributed by atoms with Crippen LogP contribution < -0.4 is 5.73 Å². The molecule has 0 radical (unpaired) electrons. The van der Waals surface area contributed by atoms with Gasteiger partial charge in [0.15, 0.2) is 0 Å². The van der Waals surface area contributed by atoms with Crippen molar-refractivity contribution >= 4 is 8.56 Å². The molecule has 0 atom stereocenters. The van der Waals surface area contributed by atoms with Crippen LogP contribution in [-0.4, -0.2) is 24.7 Å². The Kier molecular flexibility index (Phi) is 4.38. The van der Waals surface area contributed by atoms with Gasteiger partial charge in [-0.1, -0.05) is 19.3 Å². The Hall–Kier alpha value is 0.0969. The van der Waals surface area contributed by atoms with Gasteiger partial charge in [0.1, 0.15) is 0 Å². The van der Waals surface area contributed by atoms with Gasteiger partial charge in [-0.15, -0.1) is 0 Å². The van der Waals surface area contributed by atoms with Crippen LogP contribution in [0.5, 0.6) is 0 Å². The van der Waals surface area contributed by atoms with Gasteiger partial charge in [-0.25, -0.2) is 0 Å². The first-order valence-corrected chi connectivity index (χ1v) is 7.49. The number of rotatable bonds is 4. The summed E-state index contributed by atoms with van der Waals surface area (Å²) in [6.45, 7) is 0.572. The zero-order valence-corrected chi connectivity index (χ0v) is 9.21. The van der Waals surface area contributed by atoms with Gasteiger partial charge in [0, 0.05) is 5.54 Å². The van der Waals surface area contributed by atoms with Crippen molar-refractivity contribution in [2.75, 3.05) is 6.54 Å². The van der Waals surface area contributed by atoms with Gasteiger partial charge < -0.3 is 15.3 Å². The molecule has 0 aliphatic heterocycles. The summed E-state index contributed by atoms with van der Waals surface area (Å²) in [6, 6.07) is 0.564. The summed E-state index contributed by atoms with van der Waals surface area (Å²) in [7, 11) is -2.90. The molecule has 13 heavy (non-hydrogen) atoms. The Morgan fingerprint density at radius 3 is 2.31 bits per heavy atom. The van der Waals surface area contributed by atoms with E-state index in [-0.39, 0.29) is 5.54 Å². The topological polar surface area (TPSA) is 66.5 Å². The Labute approximate surface area is 81.2 Å². The van der Waals surface area contributed by atoms with Crippen molar-refractivity contribution in [2.24, 2.45) is 5.73 Å². The molecular weight excluding hydrogens is 182 g/mol. The maximum Gasteiger partial charge on any atom is 0.336 e. The second-order valence-corrected chi connectivity index (χ2v) is 7.18. The zero-order valence-electron chi connectivity index (χ0n) is 8.21. The van der Waals surface area contributed by atoms with E-state index < -0.39 is 8.56 Å². The van der Waals surface area contributed by atoms with E-state index in [1.54, 1.807) is 0 Å². The van der Waals surface area contributed by atoms with Crippen molar-refractivity contribution < 1.29 is 9.59 Å². The summed E-state index contributed by atoms with van der Waals surface area (Å²) in [4.78, 5) is 19.8. The molecule has 0 saturated heterocycles. The lowest BCUT2D eigenvalue weighted by atomic mass is 10.0. The van der Waals surface area contributed by atoms with Crippen LogP contribution in [-0.2, 0) is 0 Å². The number of nitrogens with two attached hydrogens (primary N) is 1. The molecule has 78 valence electrons. The SMILES string of the molecule is NCCC[Si](O)(O)C1CCCCC1. The average molecular weight is 203 g/mol. The molecule has 0 heterocycles. The minimum atomic E-state index is -2.90. The fourth-order valence-electron chi connectivity index (χ4n) is 2.13. The highest BCUT2D eigenvalue weighted by molar-refractivity contribution is 6.66. The third-order valence-corrected chi connectivity index (χ3v) is 5.98. The van der Waals surface area contributed by atoms with Gasteiger partial charge in [0.05, 0.1) is 0 Å². The maximum absolute atomic E-state index is 9.91. The highest BCUT2D eigenvalue weighted by Gasteiger charge is 2.38. The van der Waals surface area contributed by atoms with Crippen molar-refractivity contribution in [3.63, 3.8) is 0 Å². The van der Waals surface area contributed by atoms with Gasteiger partial charge in [0.2, 0.25) is 0 Å². The van der Waals surface area contributed by atoms with E-state index in [4.69, 9.17) is 5.73 Å². The molecule has 3 nitrogen and oxygen atoms in total. The first-order chi connectivity index (χ1) is 6.17. The van der Waals surface area contributed by atoms with Gasteiger partial charge in [-0.05, 0) is 31.9 Å². The van der Waals surface area contributed by atoms with Gasteiger partial charge >= 0.3 is 8.56 Å². The van der Waals surface area contributed by atoms with Crippen LogP contribution in [0.25, 0.3) is 0 Å². The molecule has 1 aliphatic rings. The number of hydrogen-bond donors (Lipinski definition) is 3. The van der Waals surface area contributed by atoms with Gasteiger partial charge in [0.25, 0.3) is 0 Å². The smallest absolute Gasteiger partial charge is 0.336 e. The largest absolute Gasteiger partial charge is 0.410 e. The van der Waals surface area contributed by atoms with Crippen LogP contribution in [0.4, 0.5) is 0 Å². The monoisotopic (exact) mass is 203 g/mol. The minimum Gasteiger partial charge on any atom is -0.410 e. The summed E-state index contributed by atoms with van der Waals surface area (Å²) >= 11 is 0. The predicted molar refractivity (Wildman–Crippen MR) is 55.5 cm³/mol. The summed E-state index contributed by atoms with van der Waals surface area (Å²) in [5.74, 6) is 0. The Bertz CT molecular complexity index is 147. The molecule has 0 spiro atoms. The molecule has 4 N–H and O–H groups in total. The highest BCUT2D eigenvalue weighted by atomic mass is 28.4. The second kappa shape index (κ2) is 5.10. The van der Waals surface area contributed by atoms with Crippen molar-refractivity contribution in [3.05, 3.63) is 0 Å². The quantitative estimate of drug-likeness (QED) is 0.599. The van der Waals surface area contributed by atoms with Crippen molar-refractivity contribution in [3.8, 4) is 0 Å². The summed E-state index contributed by atoms with van der Waals surface area (Å²) in [5.41, 5.74) is 5.58. The Balaban J connectivity index is 2.36. The molecule has 0 amide bonds. The van der Waals surface area contributed by atoms with E-state index >= 15 is 0 Å². The lowest BCUT2D eigenvalue weighted by Gasteiger charge is -2.30. The zero-order chi connectivity index (χ0) is 9.73. The lowest BCUT2D eigenvalue weighted by Crippen LogP contribution is -2.41. The van der Waals surface area contributed by atoms with Crippen molar-refractivity contribution in [2.45, 2.75) is 50.1 Å². The minimum absolute atomic E-state index is 0.216. The summed E-state index contributed by atoms with van der Waals surface area (Å²) < 4.78 is 0. The van der Waals surface area contributed by atoms with E-state index in [1.165, 1.54) is 19.3 Å². The fraction of sp³-hybridized carbons (Fsp3) is 1.00. The van der Waals surface area contributed by atoms with Crippen LogP contribution in [0.3, 0.4) is 0 Å². The summed E-state index contributed by atoms with van der Waals surface area (Å²) in [6.07, 6.45) is 6.40. The molecule has 0 unspecified atom stereocenters. The van der Waals surface area contributed by atoms with E-state index in [2.05, 4.69) is 0 Å². The second-order valence-electron chi connectivity index (χ2n) is 4.11. The van der Waals surface area contributed by atoms with E-state index in [0.29, 0.717) is 12.6 Å². The molecule has 1 saturated carbocycles. The first-order valence-electron chi connectivity index (χ1n) is 5.31. The molecule has 1 aliphatic carbocycles. The molecular formula is C9H21NO2Si. The van der Waals surface area contributed by atoms with E-state index in [1.807, 2.05) is 0 Å². The third-order valence-electron chi connectivity index (χ3n) is 3.01. The average Bonchev–Trinajstić information content (AvgIpc) is 2.16. The molecule has 0 aromatic rings. The predicted octanol–water partition coefficient (Wildman–Crippen LogP) is 1.10. The van der Waals surface area contributed by atoms with Gasteiger partial charge in [-0.3, -0.25) is 0 Å². The van der Waals surface area contributed by atoms with E-state index in [9.17, 15) is 9.59 Å². The Morgan fingerprint density at radius 2 is 1.77 bits per heavy atom.